The lowest BCUT2D eigenvalue weighted by molar-refractivity contribution is 0.387. The zero-order valence-corrected chi connectivity index (χ0v) is 9.66. The third-order valence-corrected chi connectivity index (χ3v) is 2.65. The monoisotopic (exact) mass is 216 g/mol. The minimum absolute atomic E-state index is 0.0831. The van der Waals surface area contributed by atoms with Crippen molar-refractivity contribution in [2.24, 2.45) is 0 Å². The Labute approximate surface area is 84.9 Å². The molecule has 1 aromatic rings. The zero-order chi connectivity index (χ0) is 11.2. The minimum atomic E-state index is -4.05. The van der Waals surface area contributed by atoms with Gasteiger partial charge in [0.05, 0.1) is 5.30 Å². The lowest BCUT2D eigenvalue weighted by Crippen LogP contribution is -2.02. The number of rotatable bonds is 2. The highest BCUT2D eigenvalue weighted by Crippen LogP contribution is 2.32. The predicted octanol–water partition coefficient (Wildman–Crippen LogP) is 2.08. The van der Waals surface area contributed by atoms with Gasteiger partial charge in [0.1, 0.15) is 0 Å². The molecule has 0 aliphatic rings. The van der Waals surface area contributed by atoms with E-state index < -0.39 is 7.60 Å². The van der Waals surface area contributed by atoms with Crippen LogP contribution in [-0.4, -0.2) is 9.79 Å². The predicted molar refractivity (Wildman–Crippen MR) is 58.8 cm³/mol. The quantitative estimate of drug-likeness (QED) is 0.744. The molecule has 0 saturated carbocycles. The van der Waals surface area contributed by atoms with Crippen LogP contribution in [-0.2, 0) is 11.0 Å². The van der Waals surface area contributed by atoms with Gasteiger partial charge in [-0.1, -0.05) is 32.9 Å². The van der Waals surface area contributed by atoms with Crippen molar-refractivity contribution in [1.29, 1.82) is 0 Å². The van der Waals surface area contributed by atoms with Gasteiger partial charge < -0.3 is 9.79 Å². The van der Waals surface area contributed by atoms with E-state index in [1.54, 1.807) is 12.1 Å². The van der Waals surface area contributed by atoms with Crippen molar-refractivity contribution in [3.05, 3.63) is 29.8 Å². The molecule has 4 heteroatoms. The summed E-state index contributed by atoms with van der Waals surface area (Å²) in [4.78, 5) is 17.5. The second-order valence-corrected chi connectivity index (χ2v) is 4.17. The van der Waals surface area contributed by atoms with Gasteiger partial charge in [-0.3, -0.25) is 4.57 Å². The van der Waals surface area contributed by atoms with Crippen LogP contribution in [0, 0.1) is 0 Å². The van der Waals surface area contributed by atoms with Gasteiger partial charge in [0.25, 0.3) is 0 Å². The molecule has 0 saturated heterocycles. The van der Waals surface area contributed by atoms with Crippen molar-refractivity contribution in [3.63, 3.8) is 0 Å². The topological polar surface area (TPSA) is 57.5 Å². The summed E-state index contributed by atoms with van der Waals surface area (Å²) in [5, 5.41) is 0.0831. The van der Waals surface area contributed by atoms with E-state index >= 15 is 0 Å². The van der Waals surface area contributed by atoms with Crippen LogP contribution in [0.3, 0.4) is 0 Å². The molecule has 14 heavy (non-hydrogen) atoms. The Kier molecular flexibility index (Phi) is 5.70. The normalized spacial score (nSPS) is 10.4. The molecule has 0 amide bonds. The Morgan fingerprint density at radius 2 is 1.57 bits per heavy atom. The van der Waals surface area contributed by atoms with E-state index in [1.165, 1.54) is 12.1 Å². The van der Waals surface area contributed by atoms with Crippen molar-refractivity contribution >= 4 is 12.9 Å². The summed E-state index contributed by atoms with van der Waals surface area (Å²) in [6.45, 7) is 5.99. The molecule has 0 aliphatic carbocycles. The summed E-state index contributed by atoms with van der Waals surface area (Å²) in [5.41, 5.74) is 1.08. The fourth-order valence-electron chi connectivity index (χ4n) is 0.926. The second kappa shape index (κ2) is 5.97. The molecule has 0 fully saturated rings. The molecule has 0 atom stereocenters. The van der Waals surface area contributed by atoms with Gasteiger partial charge in [0.2, 0.25) is 0 Å². The van der Waals surface area contributed by atoms with E-state index in [1.807, 2.05) is 20.8 Å². The Hall–Kier alpha value is -0.630. The van der Waals surface area contributed by atoms with Crippen LogP contribution in [0.1, 0.15) is 26.3 Å². The Morgan fingerprint density at radius 3 is 1.86 bits per heavy atom. The average molecular weight is 216 g/mol. The van der Waals surface area contributed by atoms with Gasteiger partial charge in [0.15, 0.2) is 0 Å². The van der Waals surface area contributed by atoms with Gasteiger partial charge in [0, 0.05) is 0 Å². The third kappa shape index (κ3) is 4.05. The molecular formula is C10H17O3P. The average Bonchev–Trinajstić information content (AvgIpc) is 2.20. The standard InChI is InChI=1S/C8H11O3P.C2H6/c1-2-7-3-5-8(6-4-7)12(9,10)11;1-2/h3-6H,2H2,1H3,(H2,9,10,11);1-2H3. The Morgan fingerprint density at radius 1 is 1.14 bits per heavy atom. The maximum absolute atomic E-state index is 10.7. The van der Waals surface area contributed by atoms with Crippen LogP contribution >= 0.6 is 7.60 Å². The summed E-state index contributed by atoms with van der Waals surface area (Å²) in [5.74, 6) is 0. The fourth-order valence-corrected chi connectivity index (χ4v) is 1.46. The van der Waals surface area contributed by atoms with Crippen molar-refractivity contribution in [3.8, 4) is 0 Å². The van der Waals surface area contributed by atoms with Crippen LogP contribution in [0.5, 0.6) is 0 Å². The van der Waals surface area contributed by atoms with Crippen LogP contribution in [0.4, 0.5) is 0 Å². The van der Waals surface area contributed by atoms with Crippen LogP contribution in [0.2, 0.25) is 0 Å². The fraction of sp³-hybridized carbons (Fsp3) is 0.400. The molecule has 2 N–H and O–H groups in total. The van der Waals surface area contributed by atoms with Gasteiger partial charge >= 0.3 is 7.60 Å². The molecule has 0 spiro atoms. The van der Waals surface area contributed by atoms with Gasteiger partial charge in [-0.05, 0) is 24.1 Å². The number of hydrogen-bond acceptors (Lipinski definition) is 1. The van der Waals surface area contributed by atoms with Gasteiger partial charge in [-0.2, -0.15) is 0 Å². The SMILES string of the molecule is CC.CCc1ccc(P(=O)(O)O)cc1. The molecule has 0 bridgehead atoms. The maximum Gasteiger partial charge on any atom is 0.356 e. The van der Waals surface area contributed by atoms with Crippen LogP contribution in [0.25, 0.3) is 0 Å². The van der Waals surface area contributed by atoms with E-state index in [9.17, 15) is 4.57 Å². The van der Waals surface area contributed by atoms with E-state index in [0.29, 0.717) is 0 Å². The Bertz CT molecular complexity index is 300. The molecule has 0 aromatic heterocycles. The third-order valence-electron chi connectivity index (χ3n) is 1.68. The maximum atomic E-state index is 10.7. The largest absolute Gasteiger partial charge is 0.356 e. The zero-order valence-electron chi connectivity index (χ0n) is 8.77. The smallest absolute Gasteiger partial charge is 0.321 e. The molecule has 0 unspecified atom stereocenters. The summed E-state index contributed by atoms with van der Waals surface area (Å²) in [7, 11) is -4.05. The number of aryl methyl sites for hydroxylation is 1. The summed E-state index contributed by atoms with van der Waals surface area (Å²) in [6, 6.07) is 6.40. The van der Waals surface area contributed by atoms with Crippen molar-refractivity contribution < 1.29 is 14.4 Å². The highest BCUT2D eigenvalue weighted by atomic mass is 31.2. The molecule has 0 radical (unpaired) electrons. The summed E-state index contributed by atoms with van der Waals surface area (Å²) >= 11 is 0. The first-order valence-electron chi connectivity index (χ1n) is 4.69. The number of benzene rings is 1. The van der Waals surface area contributed by atoms with Crippen LogP contribution < -0.4 is 5.30 Å². The van der Waals surface area contributed by atoms with Crippen LogP contribution in [0.15, 0.2) is 24.3 Å². The second-order valence-electron chi connectivity index (χ2n) is 2.56. The van der Waals surface area contributed by atoms with E-state index in [0.717, 1.165) is 12.0 Å². The van der Waals surface area contributed by atoms with Gasteiger partial charge in [-0.15, -0.1) is 0 Å². The number of hydrogen-bond donors (Lipinski definition) is 2. The van der Waals surface area contributed by atoms with E-state index in [-0.39, 0.29) is 5.30 Å². The lowest BCUT2D eigenvalue weighted by Gasteiger charge is -2.03. The van der Waals surface area contributed by atoms with E-state index in [2.05, 4.69) is 0 Å². The molecule has 1 aromatic carbocycles. The first kappa shape index (κ1) is 13.4. The summed E-state index contributed by atoms with van der Waals surface area (Å²) < 4.78 is 10.7. The minimum Gasteiger partial charge on any atom is -0.321 e. The molecule has 0 aliphatic heterocycles. The molecule has 1 rings (SSSR count). The first-order valence-corrected chi connectivity index (χ1v) is 6.30. The van der Waals surface area contributed by atoms with Gasteiger partial charge in [-0.25, -0.2) is 0 Å². The van der Waals surface area contributed by atoms with Crippen molar-refractivity contribution in [2.45, 2.75) is 27.2 Å². The molecule has 0 heterocycles. The van der Waals surface area contributed by atoms with E-state index in [4.69, 9.17) is 9.79 Å². The first-order chi connectivity index (χ1) is 6.54. The summed E-state index contributed by atoms with van der Waals surface area (Å²) in [6.07, 6.45) is 0.876. The van der Waals surface area contributed by atoms with Crippen molar-refractivity contribution in [1.82, 2.24) is 0 Å². The molecule has 3 nitrogen and oxygen atoms in total. The highest BCUT2D eigenvalue weighted by molar-refractivity contribution is 7.60. The molecule has 80 valence electrons. The van der Waals surface area contributed by atoms with Crippen molar-refractivity contribution in [2.75, 3.05) is 0 Å². The molecular weight excluding hydrogens is 199 g/mol. The lowest BCUT2D eigenvalue weighted by atomic mass is 10.2. The Balaban J connectivity index is 0.000000791. The highest BCUT2D eigenvalue weighted by Gasteiger charge is 2.15.